The van der Waals surface area contributed by atoms with Crippen LogP contribution in [0.1, 0.15) is 11.1 Å². The van der Waals surface area contributed by atoms with Crippen molar-refractivity contribution in [2.24, 2.45) is 7.05 Å². The van der Waals surface area contributed by atoms with Gasteiger partial charge in [-0.3, -0.25) is 9.67 Å². The summed E-state index contributed by atoms with van der Waals surface area (Å²) in [5.74, 6) is 0. The van der Waals surface area contributed by atoms with E-state index in [-0.39, 0.29) is 0 Å². The van der Waals surface area contributed by atoms with E-state index in [1.807, 2.05) is 0 Å². The highest BCUT2D eigenvalue weighted by atomic mass is 35.5. The Kier molecular flexibility index (Phi) is 3.46. The van der Waals surface area contributed by atoms with Crippen LogP contribution in [0.5, 0.6) is 0 Å². The Morgan fingerprint density at radius 1 is 1.44 bits per heavy atom. The summed E-state index contributed by atoms with van der Waals surface area (Å²) < 4.78 is 15.4. The Bertz CT molecular complexity index is 474. The highest BCUT2D eigenvalue weighted by Gasteiger charge is 2.15. The van der Waals surface area contributed by atoms with Crippen molar-refractivity contribution in [3.05, 3.63) is 41.4 Å². The highest BCUT2D eigenvalue weighted by molar-refractivity contribution is 7.99. The zero-order valence-corrected chi connectivity index (χ0v) is 10.0. The molecular weight excluding hydrogens is 249 g/mol. The van der Waals surface area contributed by atoms with Gasteiger partial charge in [-0.1, -0.05) is 23.4 Å². The number of thioether (sulfide) groups is 1. The number of aryl methyl sites for hydroxylation is 1. The second-order valence-corrected chi connectivity index (χ2v) is 4.62. The maximum Gasteiger partial charge on any atom is 0.175 e. The molecule has 6 heteroatoms. The van der Waals surface area contributed by atoms with Crippen LogP contribution in [0, 0.1) is 0 Å². The van der Waals surface area contributed by atoms with Crippen molar-refractivity contribution in [3.8, 4) is 0 Å². The summed E-state index contributed by atoms with van der Waals surface area (Å²) in [6.45, 7) is 0. The van der Waals surface area contributed by atoms with E-state index in [0.717, 1.165) is 11.8 Å². The largest absolute Gasteiger partial charge is 0.273 e. The van der Waals surface area contributed by atoms with Gasteiger partial charge in [0.25, 0.3) is 0 Å². The van der Waals surface area contributed by atoms with Crippen molar-refractivity contribution in [2.75, 3.05) is 0 Å². The minimum atomic E-state index is -1.16. The molecule has 0 aliphatic carbocycles. The van der Waals surface area contributed by atoms with Crippen LogP contribution in [0.3, 0.4) is 0 Å². The van der Waals surface area contributed by atoms with Crippen LogP contribution < -0.4 is 0 Å². The predicted octanol–water partition coefficient (Wildman–Crippen LogP) is 3.23. The van der Waals surface area contributed by atoms with E-state index in [1.54, 1.807) is 42.5 Å². The topological polar surface area (TPSA) is 30.7 Å². The summed E-state index contributed by atoms with van der Waals surface area (Å²) in [5, 5.41) is 4.26. The molecule has 0 spiro atoms. The van der Waals surface area contributed by atoms with Crippen molar-refractivity contribution >= 4 is 23.4 Å². The second-order valence-electron chi connectivity index (χ2n) is 3.17. The molecule has 0 N–H and O–H groups in total. The summed E-state index contributed by atoms with van der Waals surface area (Å²) in [6, 6.07) is 3.28. The molecule has 0 aliphatic rings. The quantitative estimate of drug-likeness (QED) is 0.791. The van der Waals surface area contributed by atoms with Gasteiger partial charge < -0.3 is 0 Å². The fourth-order valence-electron chi connectivity index (χ4n) is 1.21. The molecular formula is C10H9ClFN3S. The van der Waals surface area contributed by atoms with E-state index in [9.17, 15) is 4.39 Å². The van der Waals surface area contributed by atoms with Crippen LogP contribution in [0.2, 0.25) is 5.15 Å². The maximum absolute atomic E-state index is 13.8. The van der Waals surface area contributed by atoms with E-state index >= 15 is 0 Å². The molecule has 2 aromatic heterocycles. The average Bonchev–Trinajstić information content (AvgIpc) is 2.59. The lowest BCUT2D eigenvalue weighted by atomic mass is 10.3. The Morgan fingerprint density at radius 2 is 2.12 bits per heavy atom. The SMILES string of the molecule is Cn1cc(SC(F)c2ccncc2)c(Cl)n1. The van der Waals surface area contributed by atoms with Crippen molar-refractivity contribution in [2.45, 2.75) is 10.4 Å². The van der Waals surface area contributed by atoms with Crippen LogP contribution in [-0.2, 0) is 7.05 Å². The lowest BCUT2D eigenvalue weighted by Gasteiger charge is -2.05. The summed E-state index contributed by atoms with van der Waals surface area (Å²) in [4.78, 5) is 4.47. The standard InChI is InChI=1S/C10H9ClFN3S/c1-15-6-8(9(11)14-15)16-10(12)7-2-4-13-5-3-7/h2-6,10H,1H3. The van der Waals surface area contributed by atoms with Gasteiger partial charge in [0, 0.05) is 25.6 Å². The molecule has 0 radical (unpaired) electrons. The fourth-order valence-corrected chi connectivity index (χ4v) is 2.38. The van der Waals surface area contributed by atoms with Crippen LogP contribution in [0.25, 0.3) is 0 Å². The summed E-state index contributed by atoms with van der Waals surface area (Å²) in [7, 11) is 1.75. The molecule has 2 heterocycles. The molecule has 0 amide bonds. The van der Waals surface area contributed by atoms with Crippen LogP contribution in [0.15, 0.2) is 35.6 Å². The number of hydrogen-bond donors (Lipinski definition) is 0. The second kappa shape index (κ2) is 4.84. The maximum atomic E-state index is 13.8. The van der Waals surface area contributed by atoms with Gasteiger partial charge in [-0.2, -0.15) is 5.10 Å². The first-order valence-electron chi connectivity index (χ1n) is 4.56. The van der Waals surface area contributed by atoms with Gasteiger partial charge in [0.2, 0.25) is 0 Å². The molecule has 0 bridgehead atoms. The molecule has 0 aromatic carbocycles. The third kappa shape index (κ3) is 2.54. The van der Waals surface area contributed by atoms with E-state index in [1.165, 1.54) is 0 Å². The van der Waals surface area contributed by atoms with E-state index < -0.39 is 5.50 Å². The molecule has 0 saturated carbocycles. The number of alkyl halides is 1. The Morgan fingerprint density at radius 3 is 2.69 bits per heavy atom. The van der Waals surface area contributed by atoms with Gasteiger partial charge in [0.05, 0.1) is 4.90 Å². The molecule has 16 heavy (non-hydrogen) atoms. The van der Waals surface area contributed by atoms with Gasteiger partial charge in [0.1, 0.15) is 0 Å². The van der Waals surface area contributed by atoms with Crippen LogP contribution in [0.4, 0.5) is 4.39 Å². The molecule has 2 rings (SSSR count). The van der Waals surface area contributed by atoms with Gasteiger partial charge >= 0.3 is 0 Å². The summed E-state index contributed by atoms with van der Waals surface area (Å²) in [5.41, 5.74) is -0.593. The zero-order chi connectivity index (χ0) is 11.5. The van der Waals surface area contributed by atoms with Crippen molar-refractivity contribution < 1.29 is 4.39 Å². The number of pyridine rings is 1. The molecule has 1 unspecified atom stereocenters. The fraction of sp³-hybridized carbons (Fsp3) is 0.200. The monoisotopic (exact) mass is 257 g/mol. The first kappa shape index (κ1) is 11.4. The van der Waals surface area contributed by atoms with Crippen molar-refractivity contribution in [1.82, 2.24) is 14.8 Å². The Hall–Kier alpha value is -1.07. The van der Waals surface area contributed by atoms with Crippen molar-refractivity contribution in [3.63, 3.8) is 0 Å². The molecule has 0 aliphatic heterocycles. The smallest absolute Gasteiger partial charge is 0.175 e. The van der Waals surface area contributed by atoms with E-state index in [0.29, 0.717) is 15.6 Å². The summed E-state index contributed by atoms with van der Waals surface area (Å²) in [6.07, 6.45) is 4.82. The van der Waals surface area contributed by atoms with Gasteiger partial charge in [-0.05, 0) is 17.7 Å². The van der Waals surface area contributed by atoms with Gasteiger partial charge in [0.15, 0.2) is 10.7 Å². The molecule has 0 saturated heterocycles. The van der Waals surface area contributed by atoms with E-state index in [4.69, 9.17) is 11.6 Å². The molecule has 0 fully saturated rings. The van der Waals surface area contributed by atoms with Crippen LogP contribution >= 0.6 is 23.4 Å². The third-order valence-electron chi connectivity index (χ3n) is 1.95. The molecule has 84 valence electrons. The molecule has 3 nitrogen and oxygen atoms in total. The number of aromatic nitrogens is 3. The minimum Gasteiger partial charge on any atom is -0.273 e. The third-order valence-corrected chi connectivity index (χ3v) is 3.37. The lowest BCUT2D eigenvalue weighted by Crippen LogP contribution is -1.86. The zero-order valence-electron chi connectivity index (χ0n) is 8.47. The Labute approximate surface area is 102 Å². The number of halogens is 2. The first-order chi connectivity index (χ1) is 7.66. The normalized spacial score (nSPS) is 12.7. The van der Waals surface area contributed by atoms with Crippen LogP contribution in [-0.4, -0.2) is 14.8 Å². The highest BCUT2D eigenvalue weighted by Crippen LogP contribution is 2.38. The lowest BCUT2D eigenvalue weighted by molar-refractivity contribution is 0.469. The predicted molar refractivity (Wildman–Crippen MR) is 62.2 cm³/mol. The summed E-state index contributed by atoms with van der Waals surface area (Å²) >= 11 is 6.88. The number of nitrogens with zero attached hydrogens (tertiary/aromatic N) is 3. The van der Waals surface area contributed by atoms with E-state index in [2.05, 4.69) is 10.1 Å². The van der Waals surface area contributed by atoms with Gasteiger partial charge in [-0.25, -0.2) is 4.39 Å². The Balaban J connectivity index is 2.14. The molecule has 1 atom stereocenters. The van der Waals surface area contributed by atoms with Gasteiger partial charge in [-0.15, -0.1) is 0 Å². The first-order valence-corrected chi connectivity index (χ1v) is 5.82. The molecule has 2 aromatic rings. The average molecular weight is 258 g/mol. The van der Waals surface area contributed by atoms with Crippen molar-refractivity contribution in [1.29, 1.82) is 0 Å². The number of rotatable bonds is 3. The minimum absolute atomic E-state index is 0.323. The number of hydrogen-bond acceptors (Lipinski definition) is 3.